The van der Waals surface area contributed by atoms with Crippen LogP contribution in [0.15, 0.2) is 24.3 Å². The minimum absolute atomic E-state index is 0.447. The Balaban J connectivity index is 2.52. The molecule has 0 radical (unpaired) electrons. The van der Waals surface area contributed by atoms with E-state index in [4.69, 9.17) is 0 Å². The van der Waals surface area contributed by atoms with Crippen LogP contribution in [-0.4, -0.2) is 31.3 Å². The van der Waals surface area contributed by atoms with Gasteiger partial charge < -0.3 is 5.11 Å². The van der Waals surface area contributed by atoms with Crippen molar-refractivity contribution in [1.82, 2.24) is 20.2 Å². The summed E-state index contributed by atoms with van der Waals surface area (Å²) < 4.78 is 1.32. The van der Waals surface area contributed by atoms with Crippen molar-refractivity contribution in [3.05, 3.63) is 29.8 Å². The monoisotopic (exact) mass is 246 g/mol. The normalized spacial score (nSPS) is 11.5. The molecule has 18 heavy (non-hydrogen) atoms. The number of aliphatic carboxylic acids is 1. The van der Waals surface area contributed by atoms with E-state index in [1.165, 1.54) is 4.68 Å². The smallest absolute Gasteiger partial charge is 0.331 e. The van der Waals surface area contributed by atoms with E-state index in [2.05, 4.69) is 15.5 Å². The first-order valence-corrected chi connectivity index (χ1v) is 5.52. The van der Waals surface area contributed by atoms with Gasteiger partial charge in [0.1, 0.15) is 0 Å². The molecule has 1 heterocycles. The van der Waals surface area contributed by atoms with E-state index in [1.807, 2.05) is 31.2 Å². The first-order valence-electron chi connectivity index (χ1n) is 5.52. The molecule has 1 aromatic carbocycles. The maximum Gasteiger partial charge on any atom is 0.331 e. The number of hydrogen-bond donors (Lipinski definition) is 1. The predicted molar refractivity (Wildman–Crippen MR) is 64.9 cm³/mol. The van der Waals surface area contributed by atoms with Crippen LogP contribution in [0.4, 0.5) is 0 Å². The van der Waals surface area contributed by atoms with Gasteiger partial charge in [0.15, 0.2) is 11.4 Å². The quantitative estimate of drug-likeness (QED) is 0.886. The summed E-state index contributed by atoms with van der Waals surface area (Å²) in [6.45, 7) is 5.10. The summed E-state index contributed by atoms with van der Waals surface area (Å²) in [7, 11) is 0. The Bertz CT molecular complexity index is 572. The van der Waals surface area contributed by atoms with Crippen LogP contribution in [-0.2, 0) is 10.3 Å². The van der Waals surface area contributed by atoms with Crippen LogP contribution in [0.5, 0.6) is 0 Å². The van der Waals surface area contributed by atoms with E-state index in [0.717, 1.165) is 11.1 Å². The van der Waals surface area contributed by atoms with E-state index >= 15 is 0 Å². The lowest BCUT2D eigenvalue weighted by Gasteiger charge is -2.20. The van der Waals surface area contributed by atoms with Crippen LogP contribution >= 0.6 is 0 Å². The van der Waals surface area contributed by atoms with Crippen LogP contribution in [0.2, 0.25) is 0 Å². The number of rotatable bonds is 3. The lowest BCUT2D eigenvalue weighted by Crippen LogP contribution is -2.37. The van der Waals surface area contributed by atoms with Gasteiger partial charge in [-0.15, -0.1) is 5.10 Å². The average Bonchev–Trinajstić information content (AvgIpc) is 2.79. The van der Waals surface area contributed by atoms with Crippen molar-refractivity contribution in [2.45, 2.75) is 26.3 Å². The largest absolute Gasteiger partial charge is 0.479 e. The summed E-state index contributed by atoms with van der Waals surface area (Å²) in [4.78, 5) is 11.2. The van der Waals surface area contributed by atoms with E-state index in [-0.39, 0.29) is 0 Å². The van der Waals surface area contributed by atoms with Crippen molar-refractivity contribution in [2.75, 3.05) is 0 Å². The van der Waals surface area contributed by atoms with Gasteiger partial charge in [0.25, 0.3) is 0 Å². The standard InChI is InChI=1S/C12H14N4O2/c1-8-4-6-9(7-5-8)10-13-14-15-16(10)12(2,3)11(17)18/h4-7H,1-3H3,(H,17,18). The molecule has 0 aliphatic carbocycles. The highest BCUT2D eigenvalue weighted by Crippen LogP contribution is 2.23. The number of aromatic nitrogens is 4. The Hall–Kier alpha value is -2.24. The van der Waals surface area contributed by atoms with Gasteiger partial charge in [0.2, 0.25) is 0 Å². The van der Waals surface area contributed by atoms with Gasteiger partial charge in [-0.2, -0.15) is 0 Å². The Labute approximate surface area is 104 Å². The van der Waals surface area contributed by atoms with Gasteiger partial charge in [0, 0.05) is 5.56 Å². The summed E-state index contributed by atoms with van der Waals surface area (Å²) in [6, 6.07) is 7.61. The molecule has 0 aliphatic heterocycles. The van der Waals surface area contributed by atoms with Crippen molar-refractivity contribution < 1.29 is 9.90 Å². The van der Waals surface area contributed by atoms with Gasteiger partial charge in [-0.25, -0.2) is 9.48 Å². The van der Waals surface area contributed by atoms with Crippen molar-refractivity contribution in [3.63, 3.8) is 0 Å². The second-order valence-electron chi connectivity index (χ2n) is 4.64. The van der Waals surface area contributed by atoms with E-state index in [9.17, 15) is 9.90 Å². The number of tetrazole rings is 1. The summed E-state index contributed by atoms with van der Waals surface area (Å²) >= 11 is 0. The van der Waals surface area contributed by atoms with Gasteiger partial charge >= 0.3 is 5.97 Å². The highest BCUT2D eigenvalue weighted by Gasteiger charge is 2.33. The molecular weight excluding hydrogens is 232 g/mol. The van der Waals surface area contributed by atoms with Gasteiger partial charge in [-0.1, -0.05) is 29.8 Å². The number of nitrogens with zero attached hydrogens (tertiary/aromatic N) is 4. The van der Waals surface area contributed by atoms with E-state index in [0.29, 0.717) is 5.82 Å². The molecule has 0 bridgehead atoms. The predicted octanol–water partition coefficient (Wildman–Crippen LogP) is 1.47. The van der Waals surface area contributed by atoms with Crippen LogP contribution in [0.1, 0.15) is 19.4 Å². The number of aryl methyl sites for hydroxylation is 1. The maximum absolute atomic E-state index is 11.2. The molecule has 1 N–H and O–H groups in total. The first-order chi connectivity index (χ1) is 8.43. The highest BCUT2D eigenvalue weighted by molar-refractivity contribution is 5.76. The van der Waals surface area contributed by atoms with E-state index < -0.39 is 11.5 Å². The molecule has 6 heteroatoms. The van der Waals surface area contributed by atoms with Crippen LogP contribution in [0.25, 0.3) is 11.4 Å². The van der Waals surface area contributed by atoms with E-state index in [1.54, 1.807) is 13.8 Å². The molecule has 0 saturated heterocycles. The average molecular weight is 246 g/mol. The number of carboxylic acid groups (broad SMARTS) is 1. The fourth-order valence-electron chi connectivity index (χ4n) is 1.54. The van der Waals surface area contributed by atoms with Crippen molar-refractivity contribution in [3.8, 4) is 11.4 Å². The topological polar surface area (TPSA) is 80.9 Å². The zero-order valence-electron chi connectivity index (χ0n) is 10.5. The number of carboxylic acids is 1. The number of benzene rings is 1. The number of carbonyl (C=O) groups is 1. The fraction of sp³-hybridized carbons (Fsp3) is 0.333. The molecule has 0 fully saturated rings. The third kappa shape index (κ3) is 1.97. The Morgan fingerprint density at radius 3 is 2.44 bits per heavy atom. The molecule has 0 amide bonds. The molecule has 0 atom stereocenters. The fourth-order valence-corrected chi connectivity index (χ4v) is 1.54. The summed E-state index contributed by atoms with van der Waals surface area (Å²) in [5.74, 6) is -0.537. The van der Waals surface area contributed by atoms with Crippen LogP contribution < -0.4 is 0 Å². The Morgan fingerprint density at radius 1 is 1.28 bits per heavy atom. The van der Waals surface area contributed by atoms with Gasteiger partial charge in [0.05, 0.1) is 0 Å². The molecule has 6 nitrogen and oxygen atoms in total. The molecule has 0 aliphatic rings. The van der Waals surface area contributed by atoms with Crippen LogP contribution in [0, 0.1) is 6.92 Å². The second kappa shape index (κ2) is 4.21. The lowest BCUT2D eigenvalue weighted by molar-refractivity contribution is -0.146. The maximum atomic E-state index is 11.2. The Morgan fingerprint density at radius 2 is 1.89 bits per heavy atom. The third-order valence-electron chi connectivity index (χ3n) is 2.83. The molecule has 0 spiro atoms. The van der Waals surface area contributed by atoms with Gasteiger partial charge in [-0.3, -0.25) is 0 Å². The minimum atomic E-state index is -1.19. The zero-order chi connectivity index (χ0) is 13.3. The number of hydrogen-bond acceptors (Lipinski definition) is 4. The molecule has 0 unspecified atom stereocenters. The van der Waals surface area contributed by atoms with Gasteiger partial charge in [-0.05, 0) is 31.2 Å². The first kappa shape index (κ1) is 12.2. The summed E-state index contributed by atoms with van der Waals surface area (Å²) in [5.41, 5.74) is 0.721. The molecule has 1 aromatic heterocycles. The third-order valence-corrected chi connectivity index (χ3v) is 2.83. The lowest BCUT2D eigenvalue weighted by atomic mass is 10.1. The summed E-state index contributed by atoms with van der Waals surface area (Å²) in [6.07, 6.45) is 0. The Kier molecular flexibility index (Phi) is 2.86. The van der Waals surface area contributed by atoms with Crippen molar-refractivity contribution in [2.24, 2.45) is 0 Å². The molecule has 2 rings (SSSR count). The minimum Gasteiger partial charge on any atom is -0.479 e. The molecule has 94 valence electrons. The SMILES string of the molecule is Cc1ccc(-c2nnnn2C(C)(C)C(=O)O)cc1. The molecule has 0 saturated carbocycles. The molecule has 2 aromatic rings. The second-order valence-corrected chi connectivity index (χ2v) is 4.64. The zero-order valence-corrected chi connectivity index (χ0v) is 10.5. The molecular formula is C12H14N4O2. The summed E-state index contributed by atoms with van der Waals surface area (Å²) in [5, 5.41) is 20.5. The van der Waals surface area contributed by atoms with Crippen molar-refractivity contribution in [1.29, 1.82) is 0 Å². The highest BCUT2D eigenvalue weighted by atomic mass is 16.4. The van der Waals surface area contributed by atoms with Crippen LogP contribution in [0.3, 0.4) is 0 Å². The van der Waals surface area contributed by atoms with Crippen molar-refractivity contribution >= 4 is 5.97 Å².